The molecule has 0 unspecified atom stereocenters. The van der Waals surface area contributed by atoms with Gasteiger partial charge in [-0.15, -0.1) is 11.3 Å². The molecule has 0 bridgehead atoms. The van der Waals surface area contributed by atoms with Gasteiger partial charge in [0.2, 0.25) is 0 Å². The van der Waals surface area contributed by atoms with Crippen LogP contribution in [0.15, 0.2) is 10.4 Å². The molecule has 1 fully saturated rings. The van der Waals surface area contributed by atoms with Crippen LogP contribution in [0, 0.1) is 0 Å². The van der Waals surface area contributed by atoms with Gasteiger partial charge in [-0.2, -0.15) is 13.2 Å². The predicted octanol–water partition coefficient (Wildman–Crippen LogP) is 2.88. The smallest absolute Gasteiger partial charge is 0.434 e. The standard InChI is InChI=1S/C17H26F3N5O2S/c1-3-21-15(22-8-5-14-24-13(11-28-14)17(18,19)20)23-12-6-9-25(10-7-12)16(26)27-4-2/h11-12H,3-10H2,1-2H3,(H2,21,22,23). The topological polar surface area (TPSA) is 78.9 Å². The summed E-state index contributed by atoms with van der Waals surface area (Å²) in [5.74, 6) is 0.615. The number of aromatic nitrogens is 1. The fraction of sp³-hybridized carbons (Fsp3) is 0.706. The summed E-state index contributed by atoms with van der Waals surface area (Å²) in [5, 5.41) is 7.90. The quantitative estimate of drug-likeness (QED) is 0.546. The average Bonchev–Trinajstić information content (AvgIpc) is 3.12. The molecule has 2 rings (SSSR count). The fourth-order valence-electron chi connectivity index (χ4n) is 2.75. The Morgan fingerprint density at radius 3 is 2.68 bits per heavy atom. The van der Waals surface area contributed by atoms with Crippen LogP contribution in [0.1, 0.15) is 37.4 Å². The van der Waals surface area contributed by atoms with Crippen molar-refractivity contribution in [3.05, 3.63) is 16.1 Å². The Morgan fingerprint density at radius 1 is 1.39 bits per heavy atom. The summed E-state index contributed by atoms with van der Waals surface area (Å²) in [6, 6.07) is 0.167. The van der Waals surface area contributed by atoms with Gasteiger partial charge < -0.3 is 20.3 Å². The first-order chi connectivity index (χ1) is 13.3. The molecule has 1 aromatic rings. The van der Waals surface area contributed by atoms with E-state index in [0.717, 1.165) is 29.6 Å². The lowest BCUT2D eigenvalue weighted by Gasteiger charge is -2.32. The van der Waals surface area contributed by atoms with E-state index < -0.39 is 11.9 Å². The second kappa shape index (κ2) is 10.5. The van der Waals surface area contributed by atoms with Crippen LogP contribution in [-0.4, -0.2) is 60.8 Å². The van der Waals surface area contributed by atoms with E-state index in [0.29, 0.717) is 50.2 Å². The van der Waals surface area contributed by atoms with Gasteiger partial charge in [0.05, 0.1) is 11.6 Å². The van der Waals surface area contributed by atoms with Crippen LogP contribution in [0.3, 0.4) is 0 Å². The van der Waals surface area contributed by atoms with Crippen molar-refractivity contribution in [2.75, 3.05) is 32.8 Å². The van der Waals surface area contributed by atoms with E-state index in [4.69, 9.17) is 4.74 Å². The first-order valence-electron chi connectivity index (χ1n) is 9.31. The average molecular weight is 421 g/mol. The number of guanidine groups is 1. The van der Waals surface area contributed by atoms with Gasteiger partial charge in [-0.25, -0.2) is 9.78 Å². The number of thiazole rings is 1. The molecule has 1 aliphatic rings. The van der Waals surface area contributed by atoms with Crippen molar-refractivity contribution in [3.8, 4) is 0 Å². The summed E-state index contributed by atoms with van der Waals surface area (Å²) in [5.41, 5.74) is -0.852. The van der Waals surface area contributed by atoms with Gasteiger partial charge in [-0.3, -0.25) is 4.99 Å². The molecule has 1 amide bonds. The predicted molar refractivity (Wildman–Crippen MR) is 102 cm³/mol. The molecule has 158 valence electrons. The van der Waals surface area contributed by atoms with E-state index in [1.165, 1.54) is 0 Å². The van der Waals surface area contributed by atoms with Crippen LogP contribution in [0.25, 0.3) is 0 Å². The lowest BCUT2D eigenvalue weighted by Crippen LogP contribution is -2.50. The van der Waals surface area contributed by atoms with Crippen LogP contribution in [0.5, 0.6) is 0 Å². The molecular weight excluding hydrogens is 395 g/mol. The maximum Gasteiger partial charge on any atom is 0.434 e. The van der Waals surface area contributed by atoms with Gasteiger partial charge in [-0.1, -0.05) is 0 Å². The van der Waals surface area contributed by atoms with Crippen molar-refractivity contribution >= 4 is 23.4 Å². The van der Waals surface area contributed by atoms with E-state index in [1.54, 1.807) is 11.8 Å². The van der Waals surface area contributed by atoms with Crippen molar-refractivity contribution in [2.45, 2.75) is 45.3 Å². The number of hydrogen-bond donors (Lipinski definition) is 2. The highest BCUT2D eigenvalue weighted by Crippen LogP contribution is 2.30. The number of alkyl halides is 3. The zero-order chi connectivity index (χ0) is 20.6. The zero-order valence-corrected chi connectivity index (χ0v) is 16.8. The first kappa shape index (κ1) is 22.3. The summed E-state index contributed by atoms with van der Waals surface area (Å²) >= 11 is 0.993. The highest BCUT2D eigenvalue weighted by atomic mass is 32.1. The van der Waals surface area contributed by atoms with Gasteiger partial charge in [0.1, 0.15) is 0 Å². The Morgan fingerprint density at radius 2 is 2.11 bits per heavy atom. The highest BCUT2D eigenvalue weighted by molar-refractivity contribution is 7.09. The lowest BCUT2D eigenvalue weighted by molar-refractivity contribution is -0.140. The summed E-state index contributed by atoms with van der Waals surface area (Å²) in [6.45, 7) is 6.30. The molecule has 0 atom stereocenters. The normalized spacial score (nSPS) is 16.2. The minimum absolute atomic E-state index is 0.167. The number of carbonyl (C=O) groups excluding carboxylic acids is 1. The number of carbonyl (C=O) groups is 1. The summed E-state index contributed by atoms with van der Waals surface area (Å²) < 4.78 is 42.8. The van der Waals surface area contributed by atoms with Gasteiger partial charge in [0.25, 0.3) is 0 Å². The molecule has 2 N–H and O–H groups in total. The van der Waals surface area contributed by atoms with Crippen molar-refractivity contribution in [1.82, 2.24) is 20.5 Å². The third-order valence-corrected chi connectivity index (χ3v) is 5.05. The molecule has 0 spiro atoms. The fourth-order valence-corrected chi connectivity index (χ4v) is 3.55. The number of rotatable bonds is 6. The number of halogens is 3. The Balaban J connectivity index is 1.82. The second-order valence-corrected chi connectivity index (χ2v) is 7.18. The van der Waals surface area contributed by atoms with E-state index in [1.807, 2.05) is 6.92 Å². The van der Waals surface area contributed by atoms with E-state index in [-0.39, 0.29) is 12.1 Å². The third-order valence-electron chi connectivity index (χ3n) is 4.14. The molecule has 7 nitrogen and oxygen atoms in total. The van der Waals surface area contributed by atoms with Crippen molar-refractivity contribution < 1.29 is 22.7 Å². The zero-order valence-electron chi connectivity index (χ0n) is 16.0. The summed E-state index contributed by atoms with van der Waals surface area (Å²) in [7, 11) is 0. The van der Waals surface area contributed by atoms with Crippen LogP contribution >= 0.6 is 11.3 Å². The molecular formula is C17H26F3N5O2S. The highest BCUT2D eigenvalue weighted by Gasteiger charge is 2.33. The van der Waals surface area contributed by atoms with Crippen molar-refractivity contribution in [1.29, 1.82) is 0 Å². The maximum absolute atomic E-state index is 12.6. The van der Waals surface area contributed by atoms with Gasteiger partial charge in [-0.05, 0) is 26.7 Å². The molecule has 1 saturated heterocycles. The number of nitrogens with one attached hydrogen (secondary N) is 2. The Kier molecular flexibility index (Phi) is 8.34. The number of likely N-dealkylation sites (tertiary alicyclic amines) is 1. The van der Waals surface area contributed by atoms with E-state index in [2.05, 4.69) is 20.6 Å². The summed E-state index contributed by atoms with van der Waals surface area (Å²) in [4.78, 5) is 21.5. The number of piperidine rings is 1. The molecule has 2 heterocycles. The molecule has 0 aliphatic carbocycles. The van der Waals surface area contributed by atoms with E-state index in [9.17, 15) is 18.0 Å². The number of nitrogens with zero attached hydrogens (tertiary/aromatic N) is 3. The van der Waals surface area contributed by atoms with Crippen molar-refractivity contribution in [3.63, 3.8) is 0 Å². The van der Waals surface area contributed by atoms with Crippen LogP contribution in [0.2, 0.25) is 0 Å². The first-order valence-corrected chi connectivity index (χ1v) is 10.2. The molecule has 28 heavy (non-hydrogen) atoms. The van der Waals surface area contributed by atoms with Crippen LogP contribution in [0.4, 0.5) is 18.0 Å². The van der Waals surface area contributed by atoms with Gasteiger partial charge in [0.15, 0.2) is 11.7 Å². The van der Waals surface area contributed by atoms with E-state index >= 15 is 0 Å². The number of aliphatic imine (C=N–C) groups is 1. The second-order valence-electron chi connectivity index (χ2n) is 6.24. The molecule has 0 saturated carbocycles. The largest absolute Gasteiger partial charge is 0.450 e. The van der Waals surface area contributed by atoms with Gasteiger partial charge in [0, 0.05) is 44.0 Å². The van der Waals surface area contributed by atoms with Gasteiger partial charge >= 0.3 is 12.3 Å². The molecule has 1 aromatic heterocycles. The maximum atomic E-state index is 12.6. The number of hydrogen-bond acceptors (Lipinski definition) is 5. The molecule has 0 aromatic carbocycles. The third kappa shape index (κ3) is 6.84. The van der Waals surface area contributed by atoms with Crippen LogP contribution in [-0.2, 0) is 17.3 Å². The lowest BCUT2D eigenvalue weighted by atomic mass is 10.1. The van der Waals surface area contributed by atoms with Crippen molar-refractivity contribution in [2.24, 2.45) is 4.99 Å². The number of ether oxygens (including phenoxy) is 1. The Labute approximate surface area is 166 Å². The number of amides is 1. The SMILES string of the molecule is CCNC(=NCCc1nc(C(F)(F)F)cs1)NC1CCN(C(=O)OCC)CC1. The summed E-state index contributed by atoms with van der Waals surface area (Å²) in [6.07, 6.45) is -2.82. The minimum Gasteiger partial charge on any atom is -0.450 e. The molecule has 0 radical (unpaired) electrons. The monoisotopic (exact) mass is 421 g/mol. The minimum atomic E-state index is -4.41. The Hall–Kier alpha value is -2.04. The molecule has 11 heteroatoms. The Bertz CT molecular complexity index is 657. The van der Waals surface area contributed by atoms with Crippen LogP contribution < -0.4 is 10.6 Å². The molecule has 1 aliphatic heterocycles.